The van der Waals surface area contributed by atoms with E-state index in [1.54, 1.807) is 12.1 Å². The van der Waals surface area contributed by atoms with E-state index in [2.05, 4.69) is 22.5 Å². The third kappa shape index (κ3) is 3.87. The second kappa shape index (κ2) is 8.74. The van der Waals surface area contributed by atoms with Crippen molar-refractivity contribution in [1.82, 2.24) is 9.78 Å². The fraction of sp³-hybridized carbons (Fsp3) is 0.172. The van der Waals surface area contributed by atoms with E-state index in [-0.39, 0.29) is 22.9 Å². The van der Waals surface area contributed by atoms with Crippen molar-refractivity contribution >= 4 is 17.3 Å². The Morgan fingerprint density at radius 2 is 1.68 bits per heavy atom. The number of ketones is 1. The van der Waals surface area contributed by atoms with Crippen LogP contribution >= 0.6 is 0 Å². The molecule has 1 aliphatic carbocycles. The average Bonchev–Trinajstić information content (AvgIpc) is 3.24. The highest BCUT2D eigenvalue weighted by molar-refractivity contribution is 6.01. The summed E-state index contributed by atoms with van der Waals surface area (Å²) in [5, 5.41) is 18.1. The monoisotopic (exact) mass is 492 g/mol. The van der Waals surface area contributed by atoms with Crippen molar-refractivity contribution < 1.29 is 9.72 Å². The molecule has 184 valence electrons. The number of para-hydroxylation sites is 1. The first-order chi connectivity index (χ1) is 17.9. The summed E-state index contributed by atoms with van der Waals surface area (Å²) in [5.41, 5.74) is 4.68. The summed E-state index contributed by atoms with van der Waals surface area (Å²) in [7, 11) is 0. The molecule has 0 saturated carbocycles. The fourth-order valence-corrected chi connectivity index (χ4v) is 5.48. The van der Waals surface area contributed by atoms with Crippen LogP contribution in [0.5, 0.6) is 0 Å². The van der Waals surface area contributed by atoms with Gasteiger partial charge in [0.05, 0.1) is 16.2 Å². The zero-order valence-corrected chi connectivity index (χ0v) is 20.1. The van der Waals surface area contributed by atoms with E-state index in [4.69, 9.17) is 0 Å². The first-order valence-electron chi connectivity index (χ1n) is 12.1. The Hall–Kier alpha value is -4.72. The Balaban J connectivity index is 1.52. The summed E-state index contributed by atoms with van der Waals surface area (Å²) < 4.78 is 1.45. The van der Waals surface area contributed by atoms with Crippen molar-refractivity contribution in [1.29, 1.82) is 0 Å². The van der Waals surface area contributed by atoms with Crippen LogP contribution in [0.15, 0.2) is 94.9 Å². The number of hydrogen-bond acceptors (Lipinski definition) is 5. The number of anilines is 1. The number of aryl methyl sites for hydroxylation is 1. The number of fused-ring (bicyclic) bond motifs is 1. The third-order valence-electron chi connectivity index (χ3n) is 7.27. The summed E-state index contributed by atoms with van der Waals surface area (Å²) >= 11 is 0. The van der Waals surface area contributed by atoms with E-state index in [9.17, 15) is 19.7 Å². The largest absolute Gasteiger partial charge is 0.343 e. The summed E-state index contributed by atoms with van der Waals surface area (Å²) in [5.74, 6) is -0.282. The molecule has 0 fully saturated rings. The van der Waals surface area contributed by atoms with Gasteiger partial charge in [0.2, 0.25) is 0 Å². The molecule has 2 atom stereocenters. The molecule has 8 nitrogen and oxygen atoms in total. The number of nitro groups is 1. The van der Waals surface area contributed by atoms with Gasteiger partial charge in [-0.3, -0.25) is 24.8 Å². The van der Waals surface area contributed by atoms with Crippen molar-refractivity contribution in [3.8, 4) is 5.69 Å². The van der Waals surface area contributed by atoms with Crippen molar-refractivity contribution in [2.75, 3.05) is 5.32 Å². The normalized spacial score (nSPS) is 18.7. The van der Waals surface area contributed by atoms with Gasteiger partial charge in [-0.1, -0.05) is 60.2 Å². The van der Waals surface area contributed by atoms with Gasteiger partial charge in [-0.15, -0.1) is 0 Å². The number of carbonyl (C=O) groups is 1. The second-order valence-corrected chi connectivity index (χ2v) is 9.62. The quantitative estimate of drug-likeness (QED) is 0.295. The molecule has 1 aliphatic heterocycles. The van der Waals surface area contributed by atoms with Crippen molar-refractivity contribution in [2.24, 2.45) is 0 Å². The number of Topliss-reactive ketones (excluding diaryl/α,β-unsaturated/α-hetero) is 1. The molecule has 6 rings (SSSR count). The highest BCUT2D eigenvalue weighted by Crippen LogP contribution is 2.47. The molecule has 2 N–H and O–H groups in total. The number of H-pyrrole nitrogens is 1. The molecule has 2 aliphatic rings. The molecule has 0 amide bonds. The highest BCUT2D eigenvalue weighted by Gasteiger charge is 2.41. The molecule has 0 saturated heterocycles. The maximum atomic E-state index is 13.7. The van der Waals surface area contributed by atoms with Crippen LogP contribution in [0.3, 0.4) is 0 Å². The number of nitro benzene ring substituents is 1. The minimum absolute atomic E-state index is 0.00501. The SMILES string of the molecule is Cc1ccc([C@@H]2CC(=O)C3=C(C2)Nc2[nH]n(-c4ccccc4)c(=O)c2[C@@H]3c2cccc([N+](=O)[O-])c2)cc1. The lowest BCUT2D eigenvalue weighted by Gasteiger charge is -2.34. The summed E-state index contributed by atoms with van der Waals surface area (Å²) in [4.78, 5) is 38.6. The average molecular weight is 493 g/mol. The minimum Gasteiger partial charge on any atom is -0.343 e. The van der Waals surface area contributed by atoms with Crippen LogP contribution in [0.1, 0.15) is 46.9 Å². The van der Waals surface area contributed by atoms with E-state index < -0.39 is 10.8 Å². The lowest BCUT2D eigenvalue weighted by Crippen LogP contribution is -2.32. The van der Waals surface area contributed by atoms with Gasteiger partial charge in [-0.25, -0.2) is 4.68 Å². The van der Waals surface area contributed by atoms with Crippen LogP contribution in [0.4, 0.5) is 11.5 Å². The molecule has 0 radical (unpaired) electrons. The van der Waals surface area contributed by atoms with Crippen LogP contribution in [-0.4, -0.2) is 20.5 Å². The maximum Gasteiger partial charge on any atom is 0.277 e. The van der Waals surface area contributed by atoms with E-state index in [1.165, 1.54) is 16.8 Å². The molecular formula is C29H24N4O4. The molecule has 0 unspecified atom stereocenters. The Morgan fingerprint density at radius 3 is 2.41 bits per heavy atom. The molecule has 0 spiro atoms. The standard InChI is InChI=1S/C29H24N4O4/c1-17-10-12-18(13-11-17)20-15-23-26(24(34)16-20)25(19-6-5-9-22(14-19)33(36)37)27-28(30-23)31-32(29(27)35)21-7-3-2-4-8-21/h2-14,20,25,30-31H,15-16H2,1H3/t20-,25+/m0/s1. The second-order valence-electron chi connectivity index (χ2n) is 9.62. The van der Waals surface area contributed by atoms with E-state index in [0.717, 1.165) is 16.8 Å². The van der Waals surface area contributed by atoms with Crippen LogP contribution < -0.4 is 10.9 Å². The Bertz CT molecular complexity index is 1630. The molecule has 4 aromatic rings. The predicted octanol–water partition coefficient (Wildman–Crippen LogP) is 5.34. The van der Waals surface area contributed by atoms with Crippen LogP contribution in [0, 0.1) is 17.0 Å². The Kier molecular flexibility index (Phi) is 5.37. The van der Waals surface area contributed by atoms with Crippen LogP contribution in [0.25, 0.3) is 5.69 Å². The zero-order valence-electron chi connectivity index (χ0n) is 20.1. The number of aromatic amines is 1. The number of rotatable bonds is 4. The smallest absolute Gasteiger partial charge is 0.277 e. The summed E-state index contributed by atoms with van der Waals surface area (Å²) in [6, 6.07) is 23.6. The van der Waals surface area contributed by atoms with Gasteiger partial charge in [0.25, 0.3) is 11.2 Å². The van der Waals surface area contributed by atoms with Crippen molar-refractivity contribution in [3.05, 3.63) is 133 Å². The molecule has 8 heteroatoms. The fourth-order valence-electron chi connectivity index (χ4n) is 5.48. The van der Waals surface area contributed by atoms with Crippen LogP contribution in [-0.2, 0) is 4.79 Å². The van der Waals surface area contributed by atoms with Crippen molar-refractivity contribution in [2.45, 2.75) is 31.6 Å². The number of non-ortho nitro benzene ring substituents is 1. The van der Waals surface area contributed by atoms with Gasteiger partial charge >= 0.3 is 0 Å². The number of carbonyl (C=O) groups excluding carboxylic acids is 1. The lowest BCUT2D eigenvalue weighted by atomic mass is 9.72. The zero-order chi connectivity index (χ0) is 25.7. The van der Waals surface area contributed by atoms with Gasteiger partial charge in [0.15, 0.2) is 5.78 Å². The number of hydrogen-bond donors (Lipinski definition) is 2. The van der Waals surface area contributed by atoms with Crippen molar-refractivity contribution in [3.63, 3.8) is 0 Å². The Labute approximate surface area is 212 Å². The number of aromatic nitrogens is 2. The number of benzene rings is 3. The summed E-state index contributed by atoms with van der Waals surface area (Å²) in [6.45, 7) is 2.03. The number of nitrogens with one attached hydrogen (secondary N) is 2. The number of nitrogens with zero attached hydrogens (tertiary/aromatic N) is 2. The van der Waals surface area contributed by atoms with E-state index in [1.807, 2.05) is 49.4 Å². The molecular weight excluding hydrogens is 468 g/mol. The minimum atomic E-state index is -0.716. The molecule has 0 bridgehead atoms. The highest BCUT2D eigenvalue weighted by atomic mass is 16.6. The molecule has 1 aromatic heterocycles. The van der Waals surface area contributed by atoms with Gasteiger partial charge in [-0.2, -0.15) is 0 Å². The molecule has 3 aromatic carbocycles. The summed E-state index contributed by atoms with van der Waals surface area (Å²) in [6.07, 6.45) is 0.898. The first-order valence-corrected chi connectivity index (χ1v) is 12.1. The van der Waals surface area contributed by atoms with E-state index in [0.29, 0.717) is 41.0 Å². The molecule has 37 heavy (non-hydrogen) atoms. The molecule has 2 heterocycles. The van der Waals surface area contributed by atoms with E-state index >= 15 is 0 Å². The topological polar surface area (TPSA) is 110 Å². The van der Waals surface area contributed by atoms with Gasteiger partial charge in [0.1, 0.15) is 5.82 Å². The number of allylic oxidation sites excluding steroid dienone is 2. The first kappa shape index (κ1) is 22.7. The van der Waals surface area contributed by atoms with Gasteiger partial charge in [-0.05, 0) is 42.5 Å². The van der Waals surface area contributed by atoms with Gasteiger partial charge < -0.3 is 5.32 Å². The van der Waals surface area contributed by atoms with Gasteiger partial charge in [0, 0.05) is 35.7 Å². The predicted molar refractivity (Wildman–Crippen MR) is 140 cm³/mol. The maximum absolute atomic E-state index is 13.7. The Morgan fingerprint density at radius 1 is 0.919 bits per heavy atom. The lowest BCUT2D eigenvalue weighted by molar-refractivity contribution is -0.384. The third-order valence-corrected chi connectivity index (χ3v) is 7.27. The van der Waals surface area contributed by atoms with Crippen LogP contribution in [0.2, 0.25) is 0 Å².